The summed E-state index contributed by atoms with van der Waals surface area (Å²) in [7, 11) is 1.76. The third-order valence-electron chi connectivity index (χ3n) is 4.25. The molecule has 1 heterocycles. The van der Waals surface area contributed by atoms with Gasteiger partial charge in [-0.05, 0) is 32.1 Å². The van der Waals surface area contributed by atoms with E-state index in [0.29, 0.717) is 6.04 Å². The first-order valence-corrected chi connectivity index (χ1v) is 6.87. The average molecular weight is 242 g/mol. The summed E-state index contributed by atoms with van der Waals surface area (Å²) < 4.78 is 11.2. The Bertz CT molecular complexity index is 231. The molecule has 2 aliphatic rings. The monoisotopic (exact) mass is 242 g/mol. The molecular formula is C13H26N2O2. The van der Waals surface area contributed by atoms with Crippen molar-refractivity contribution in [3.63, 3.8) is 0 Å². The van der Waals surface area contributed by atoms with E-state index in [1.54, 1.807) is 7.11 Å². The van der Waals surface area contributed by atoms with Crippen molar-refractivity contribution >= 4 is 0 Å². The summed E-state index contributed by atoms with van der Waals surface area (Å²) in [6.07, 6.45) is 6.18. The van der Waals surface area contributed by atoms with Gasteiger partial charge in [0.15, 0.2) is 0 Å². The molecule has 1 aliphatic carbocycles. The number of methoxy groups -OCH3 is 1. The minimum atomic E-state index is 0.225. The highest BCUT2D eigenvalue weighted by Crippen LogP contribution is 2.43. The zero-order chi connectivity index (χ0) is 12.1. The van der Waals surface area contributed by atoms with Crippen LogP contribution in [-0.4, -0.2) is 56.5 Å². The molecule has 0 aromatic heterocycles. The molecule has 1 unspecified atom stereocenters. The van der Waals surface area contributed by atoms with Crippen molar-refractivity contribution < 1.29 is 9.47 Å². The molecule has 2 rings (SSSR count). The highest BCUT2D eigenvalue weighted by atomic mass is 16.5. The molecule has 0 aromatic rings. The van der Waals surface area contributed by atoms with Crippen molar-refractivity contribution in [3.05, 3.63) is 0 Å². The standard InChI is InChI=1S/C13H26N2O2/c1-16-10-8-15(7-6-14)12-3-9-17-13(11-12)4-2-5-13/h12H,2-11,14H2,1H3. The Morgan fingerprint density at radius 1 is 1.41 bits per heavy atom. The van der Waals surface area contributed by atoms with Crippen LogP contribution in [0.2, 0.25) is 0 Å². The summed E-state index contributed by atoms with van der Waals surface area (Å²) in [6.45, 7) is 4.41. The van der Waals surface area contributed by atoms with Crippen LogP contribution < -0.4 is 5.73 Å². The van der Waals surface area contributed by atoms with Gasteiger partial charge in [0.25, 0.3) is 0 Å². The van der Waals surface area contributed by atoms with Gasteiger partial charge in [0.2, 0.25) is 0 Å². The number of rotatable bonds is 6. The maximum Gasteiger partial charge on any atom is 0.0697 e. The second-order valence-electron chi connectivity index (χ2n) is 5.35. The summed E-state index contributed by atoms with van der Waals surface area (Å²) in [4.78, 5) is 2.49. The summed E-state index contributed by atoms with van der Waals surface area (Å²) >= 11 is 0. The lowest BCUT2D eigenvalue weighted by Gasteiger charge is -2.49. The molecule has 4 nitrogen and oxygen atoms in total. The lowest BCUT2D eigenvalue weighted by molar-refractivity contribution is -0.149. The molecule has 2 fully saturated rings. The van der Waals surface area contributed by atoms with E-state index in [1.165, 1.54) is 25.7 Å². The Labute approximate surface area is 104 Å². The van der Waals surface area contributed by atoms with Crippen molar-refractivity contribution in [2.45, 2.75) is 43.7 Å². The van der Waals surface area contributed by atoms with Crippen LogP contribution in [0.25, 0.3) is 0 Å². The number of nitrogens with two attached hydrogens (primary N) is 1. The van der Waals surface area contributed by atoms with E-state index in [0.717, 1.165) is 39.3 Å². The van der Waals surface area contributed by atoms with Crippen LogP contribution >= 0.6 is 0 Å². The third kappa shape index (κ3) is 3.19. The summed E-state index contributed by atoms with van der Waals surface area (Å²) in [5.74, 6) is 0. The van der Waals surface area contributed by atoms with Crippen molar-refractivity contribution in [2.75, 3.05) is 40.0 Å². The van der Waals surface area contributed by atoms with Gasteiger partial charge in [-0.15, -0.1) is 0 Å². The molecule has 4 heteroatoms. The van der Waals surface area contributed by atoms with E-state index >= 15 is 0 Å². The highest BCUT2D eigenvalue weighted by molar-refractivity contribution is 4.96. The maximum atomic E-state index is 5.98. The molecule has 0 aromatic carbocycles. The van der Waals surface area contributed by atoms with E-state index in [9.17, 15) is 0 Å². The molecule has 100 valence electrons. The van der Waals surface area contributed by atoms with Gasteiger partial charge >= 0.3 is 0 Å². The molecule has 1 spiro atoms. The van der Waals surface area contributed by atoms with Crippen LogP contribution in [0.4, 0.5) is 0 Å². The van der Waals surface area contributed by atoms with Gasteiger partial charge in [-0.1, -0.05) is 0 Å². The fraction of sp³-hybridized carbons (Fsp3) is 1.00. The van der Waals surface area contributed by atoms with Crippen LogP contribution in [0.15, 0.2) is 0 Å². The van der Waals surface area contributed by atoms with Gasteiger partial charge in [0.1, 0.15) is 0 Å². The van der Waals surface area contributed by atoms with Crippen molar-refractivity contribution in [1.29, 1.82) is 0 Å². The normalized spacial score (nSPS) is 27.4. The zero-order valence-corrected chi connectivity index (χ0v) is 11.0. The fourth-order valence-electron chi connectivity index (χ4n) is 3.08. The first-order chi connectivity index (χ1) is 8.29. The summed E-state index contributed by atoms with van der Waals surface area (Å²) in [5.41, 5.74) is 5.93. The predicted octanol–water partition coefficient (Wildman–Crippen LogP) is 0.995. The van der Waals surface area contributed by atoms with Crippen molar-refractivity contribution in [3.8, 4) is 0 Å². The summed E-state index contributed by atoms with van der Waals surface area (Å²) in [6, 6.07) is 0.641. The smallest absolute Gasteiger partial charge is 0.0697 e. The molecule has 1 saturated carbocycles. The second kappa shape index (κ2) is 6.14. The Hall–Kier alpha value is -0.160. The maximum absolute atomic E-state index is 5.98. The van der Waals surface area contributed by atoms with Crippen LogP contribution in [-0.2, 0) is 9.47 Å². The fourth-order valence-corrected chi connectivity index (χ4v) is 3.08. The van der Waals surface area contributed by atoms with Crippen LogP contribution in [0.3, 0.4) is 0 Å². The molecule has 0 radical (unpaired) electrons. The third-order valence-corrected chi connectivity index (χ3v) is 4.25. The lowest BCUT2D eigenvalue weighted by Crippen LogP contribution is -2.53. The van der Waals surface area contributed by atoms with E-state index < -0.39 is 0 Å². The number of hydrogen-bond acceptors (Lipinski definition) is 4. The number of nitrogens with zero attached hydrogens (tertiary/aromatic N) is 1. The predicted molar refractivity (Wildman–Crippen MR) is 68.1 cm³/mol. The minimum absolute atomic E-state index is 0.225. The Balaban J connectivity index is 1.87. The van der Waals surface area contributed by atoms with E-state index in [4.69, 9.17) is 15.2 Å². The topological polar surface area (TPSA) is 47.7 Å². The van der Waals surface area contributed by atoms with E-state index in [-0.39, 0.29) is 5.60 Å². The molecule has 1 saturated heterocycles. The molecule has 0 amide bonds. The van der Waals surface area contributed by atoms with Gasteiger partial charge in [-0.2, -0.15) is 0 Å². The average Bonchev–Trinajstić information content (AvgIpc) is 2.33. The van der Waals surface area contributed by atoms with Crippen molar-refractivity contribution in [2.24, 2.45) is 5.73 Å². The van der Waals surface area contributed by atoms with E-state index in [2.05, 4.69) is 4.90 Å². The molecule has 1 aliphatic heterocycles. The van der Waals surface area contributed by atoms with Gasteiger partial charge < -0.3 is 15.2 Å². The molecule has 2 N–H and O–H groups in total. The van der Waals surface area contributed by atoms with Crippen LogP contribution in [0.5, 0.6) is 0 Å². The van der Waals surface area contributed by atoms with Gasteiger partial charge in [-0.3, -0.25) is 4.90 Å². The van der Waals surface area contributed by atoms with Gasteiger partial charge in [-0.25, -0.2) is 0 Å². The largest absolute Gasteiger partial charge is 0.383 e. The molecular weight excluding hydrogens is 216 g/mol. The Morgan fingerprint density at radius 3 is 2.82 bits per heavy atom. The second-order valence-corrected chi connectivity index (χ2v) is 5.35. The molecule has 1 atom stereocenters. The SMILES string of the molecule is COCCN(CCN)C1CCOC2(CCC2)C1. The van der Waals surface area contributed by atoms with E-state index in [1.807, 2.05) is 0 Å². The van der Waals surface area contributed by atoms with Crippen LogP contribution in [0.1, 0.15) is 32.1 Å². The highest BCUT2D eigenvalue weighted by Gasteiger charge is 2.43. The van der Waals surface area contributed by atoms with Gasteiger partial charge in [0, 0.05) is 39.4 Å². The first-order valence-electron chi connectivity index (χ1n) is 6.87. The zero-order valence-electron chi connectivity index (χ0n) is 11.0. The van der Waals surface area contributed by atoms with Crippen molar-refractivity contribution in [1.82, 2.24) is 4.90 Å². The number of hydrogen-bond donors (Lipinski definition) is 1. The Kier molecular flexibility index (Phi) is 4.79. The van der Waals surface area contributed by atoms with Gasteiger partial charge in [0.05, 0.1) is 12.2 Å². The quantitative estimate of drug-likeness (QED) is 0.755. The lowest BCUT2D eigenvalue weighted by atomic mass is 9.73. The first kappa shape index (κ1) is 13.3. The van der Waals surface area contributed by atoms with Crippen LogP contribution in [0, 0.1) is 0 Å². The Morgan fingerprint density at radius 2 is 2.24 bits per heavy atom. The molecule has 0 bridgehead atoms. The number of ether oxygens (including phenoxy) is 2. The molecule has 17 heavy (non-hydrogen) atoms. The minimum Gasteiger partial charge on any atom is -0.383 e. The summed E-state index contributed by atoms with van der Waals surface area (Å²) in [5, 5.41) is 0.